The molecule has 2 bridgehead atoms. The third kappa shape index (κ3) is 2.33. The second-order valence-corrected chi connectivity index (χ2v) is 7.08. The van der Waals surface area contributed by atoms with Gasteiger partial charge in [-0.3, -0.25) is 4.79 Å². The highest BCUT2D eigenvalue weighted by Crippen LogP contribution is 2.52. The topological polar surface area (TPSA) is 69.2 Å². The van der Waals surface area contributed by atoms with Crippen LogP contribution in [0.2, 0.25) is 0 Å². The lowest BCUT2D eigenvalue weighted by atomic mass is 9.78. The molecule has 3 aliphatic rings. The van der Waals surface area contributed by atoms with Crippen molar-refractivity contribution in [1.82, 2.24) is 5.32 Å². The third-order valence-corrected chi connectivity index (χ3v) is 5.93. The van der Waals surface area contributed by atoms with E-state index in [9.17, 15) is 14.7 Å². The summed E-state index contributed by atoms with van der Waals surface area (Å²) in [4.78, 5) is 23.9. The predicted molar refractivity (Wildman–Crippen MR) is 72.4 cm³/mol. The Bertz CT molecular complexity index is 409. The van der Waals surface area contributed by atoms with E-state index in [0.29, 0.717) is 5.92 Å². The van der Waals surface area contributed by atoms with Crippen LogP contribution in [0.25, 0.3) is 0 Å². The van der Waals surface area contributed by atoms with Crippen LogP contribution < -0.4 is 10.4 Å². The van der Waals surface area contributed by atoms with Crippen LogP contribution in [0.1, 0.15) is 51.9 Å². The smallest absolute Gasteiger partial charge is 0.224 e. The number of carboxylic acids is 1. The van der Waals surface area contributed by atoms with Crippen LogP contribution in [-0.4, -0.2) is 17.9 Å². The third-order valence-electron chi connectivity index (χ3n) is 5.93. The molecule has 4 nitrogen and oxygen atoms in total. The minimum atomic E-state index is -1.02. The van der Waals surface area contributed by atoms with E-state index in [0.717, 1.165) is 38.5 Å². The summed E-state index contributed by atoms with van der Waals surface area (Å²) in [5.74, 6) is -0.987. The minimum Gasteiger partial charge on any atom is -0.550 e. The molecule has 0 aliphatic heterocycles. The molecule has 1 amide bonds. The number of carbonyl (C=O) groups is 2. The molecule has 3 fully saturated rings. The summed E-state index contributed by atoms with van der Waals surface area (Å²) >= 11 is 0. The van der Waals surface area contributed by atoms with Crippen LogP contribution in [0.4, 0.5) is 0 Å². The van der Waals surface area contributed by atoms with Gasteiger partial charge in [-0.05, 0) is 49.9 Å². The maximum absolute atomic E-state index is 12.6. The Hall–Kier alpha value is -1.06. The molecule has 1 N–H and O–H groups in total. The maximum Gasteiger partial charge on any atom is 0.224 e. The van der Waals surface area contributed by atoms with Gasteiger partial charge in [0.15, 0.2) is 0 Å². The van der Waals surface area contributed by atoms with Crippen LogP contribution in [0.15, 0.2) is 0 Å². The van der Waals surface area contributed by atoms with Crippen molar-refractivity contribution in [2.45, 2.75) is 57.9 Å². The molecule has 3 saturated carbocycles. The van der Waals surface area contributed by atoms with Gasteiger partial charge in [-0.25, -0.2) is 0 Å². The first-order valence-electron chi connectivity index (χ1n) is 8.09. The van der Waals surface area contributed by atoms with Gasteiger partial charge >= 0.3 is 0 Å². The summed E-state index contributed by atoms with van der Waals surface area (Å²) in [6.07, 6.45) is 7.45. The van der Waals surface area contributed by atoms with E-state index in [-0.39, 0.29) is 29.7 Å². The summed E-state index contributed by atoms with van der Waals surface area (Å²) in [7, 11) is 0. The number of carboxylic acid groups (broad SMARTS) is 1. The van der Waals surface area contributed by atoms with Crippen LogP contribution in [-0.2, 0) is 9.59 Å². The molecular formula is C16H24NO3-. The van der Waals surface area contributed by atoms with Gasteiger partial charge in [-0.2, -0.15) is 0 Å². The number of nitrogens with one attached hydrogen (secondary N) is 1. The molecule has 0 heterocycles. The lowest BCUT2D eigenvalue weighted by molar-refractivity contribution is -0.314. The quantitative estimate of drug-likeness (QED) is 0.840. The van der Waals surface area contributed by atoms with Gasteiger partial charge in [0.05, 0.1) is 0 Å². The summed E-state index contributed by atoms with van der Waals surface area (Å²) in [6.45, 7) is 2.18. The summed E-state index contributed by atoms with van der Waals surface area (Å²) in [6, 6.07) is 0.234. The molecule has 0 unspecified atom stereocenters. The first-order chi connectivity index (χ1) is 9.58. The number of carbonyl (C=O) groups excluding carboxylic acids is 2. The van der Waals surface area contributed by atoms with Crippen molar-refractivity contribution >= 4 is 11.9 Å². The number of fused-ring (bicyclic) bond motifs is 2. The van der Waals surface area contributed by atoms with E-state index in [1.165, 1.54) is 6.42 Å². The van der Waals surface area contributed by atoms with Gasteiger partial charge in [0.2, 0.25) is 5.91 Å². The van der Waals surface area contributed by atoms with Gasteiger partial charge in [0, 0.05) is 23.8 Å². The van der Waals surface area contributed by atoms with E-state index in [4.69, 9.17) is 0 Å². The van der Waals surface area contributed by atoms with Gasteiger partial charge in [0.25, 0.3) is 0 Å². The van der Waals surface area contributed by atoms with E-state index >= 15 is 0 Å². The average Bonchev–Trinajstić information content (AvgIpc) is 3.01. The highest BCUT2D eigenvalue weighted by atomic mass is 16.4. The Kier molecular flexibility index (Phi) is 3.74. The van der Waals surface area contributed by atoms with Crippen LogP contribution >= 0.6 is 0 Å². The normalized spacial score (nSPS) is 43.5. The van der Waals surface area contributed by atoms with Crippen LogP contribution in [0.3, 0.4) is 0 Å². The average molecular weight is 278 g/mol. The minimum absolute atomic E-state index is 0.0230. The Morgan fingerprint density at radius 3 is 2.30 bits per heavy atom. The van der Waals surface area contributed by atoms with Gasteiger partial charge < -0.3 is 15.2 Å². The first-order valence-corrected chi connectivity index (χ1v) is 8.09. The van der Waals surface area contributed by atoms with E-state index in [2.05, 4.69) is 12.2 Å². The monoisotopic (exact) mass is 278 g/mol. The van der Waals surface area contributed by atoms with Crippen molar-refractivity contribution in [3.8, 4) is 0 Å². The summed E-state index contributed by atoms with van der Waals surface area (Å²) in [5.41, 5.74) is 0. The van der Waals surface area contributed by atoms with Crippen molar-refractivity contribution in [3.63, 3.8) is 0 Å². The van der Waals surface area contributed by atoms with E-state index < -0.39 is 11.9 Å². The largest absolute Gasteiger partial charge is 0.550 e. The molecule has 0 radical (unpaired) electrons. The zero-order valence-electron chi connectivity index (χ0n) is 12.1. The number of amides is 1. The van der Waals surface area contributed by atoms with Crippen molar-refractivity contribution in [2.75, 3.05) is 0 Å². The molecule has 0 spiro atoms. The molecule has 6 atom stereocenters. The highest BCUT2D eigenvalue weighted by Gasteiger charge is 2.51. The number of hydrogen-bond donors (Lipinski definition) is 1. The first kappa shape index (κ1) is 13.9. The fourth-order valence-electron chi connectivity index (χ4n) is 4.82. The second-order valence-electron chi connectivity index (χ2n) is 7.08. The van der Waals surface area contributed by atoms with Crippen molar-refractivity contribution < 1.29 is 14.7 Å². The second kappa shape index (κ2) is 5.38. The molecule has 112 valence electrons. The fraction of sp³-hybridized carbons (Fsp3) is 0.875. The number of aliphatic carboxylic acids is 1. The number of hydrogen-bond acceptors (Lipinski definition) is 3. The van der Waals surface area contributed by atoms with E-state index in [1.807, 2.05) is 0 Å². The lowest BCUT2D eigenvalue weighted by Crippen LogP contribution is -2.50. The Morgan fingerprint density at radius 2 is 1.65 bits per heavy atom. The molecule has 20 heavy (non-hydrogen) atoms. The summed E-state index contributed by atoms with van der Waals surface area (Å²) in [5, 5.41) is 14.5. The molecule has 3 rings (SSSR count). The van der Waals surface area contributed by atoms with Gasteiger partial charge in [0.1, 0.15) is 0 Å². The SMILES string of the molecule is C[C@H]1CCCC[C@@H]1NC(=O)[C@@H]1[C@H]2CC[C@@H](C2)[C@@H]1C(=O)[O-]. The van der Waals surface area contributed by atoms with Crippen molar-refractivity contribution in [1.29, 1.82) is 0 Å². The number of rotatable bonds is 3. The van der Waals surface area contributed by atoms with Gasteiger partial charge in [-0.1, -0.05) is 19.8 Å². The molecule has 3 aliphatic carbocycles. The van der Waals surface area contributed by atoms with Crippen molar-refractivity contribution in [3.05, 3.63) is 0 Å². The predicted octanol–water partition coefficient (Wildman–Crippen LogP) is 1.09. The molecule has 0 aromatic rings. The molecule has 0 saturated heterocycles. The zero-order chi connectivity index (χ0) is 14.3. The van der Waals surface area contributed by atoms with Crippen LogP contribution in [0.5, 0.6) is 0 Å². The molecule has 4 heteroatoms. The molecule has 0 aromatic heterocycles. The Balaban J connectivity index is 1.68. The Labute approximate surface area is 120 Å². The van der Waals surface area contributed by atoms with Gasteiger partial charge in [-0.15, -0.1) is 0 Å². The van der Waals surface area contributed by atoms with E-state index in [1.54, 1.807) is 0 Å². The van der Waals surface area contributed by atoms with Crippen LogP contribution in [0, 0.1) is 29.6 Å². The Morgan fingerprint density at radius 1 is 1.00 bits per heavy atom. The molecule has 0 aromatic carbocycles. The summed E-state index contributed by atoms with van der Waals surface area (Å²) < 4.78 is 0. The maximum atomic E-state index is 12.6. The zero-order valence-corrected chi connectivity index (χ0v) is 12.1. The highest BCUT2D eigenvalue weighted by molar-refractivity contribution is 5.85. The lowest BCUT2D eigenvalue weighted by Gasteiger charge is -2.35. The standard InChI is InChI=1S/C16H25NO3/c1-9-4-2-3-5-12(9)17-15(18)13-10-6-7-11(8-10)14(13)16(19)20/h9-14H,2-8H2,1H3,(H,17,18)(H,19,20)/p-1/t9-,10-,11-,12-,13+,14-/m0/s1. The fourth-order valence-corrected chi connectivity index (χ4v) is 4.82. The molecular weight excluding hydrogens is 254 g/mol. The van der Waals surface area contributed by atoms with Crippen molar-refractivity contribution in [2.24, 2.45) is 29.6 Å².